The number of imidazole rings is 1. The van der Waals surface area contributed by atoms with Crippen LogP contribution in [-0.2, 0) is 13.0 Å². The summed E-state index contributed by atoms with van der Waals surface area (Å²) in [5.74, 6) is 0. The molecule has 0 bridgehead atoms. The van der Waals surface area contributed by atoms with Crippen molar-refractivity contribution in [3.05, 3.63) is 95.5 Å². The normalized spacial score (nSPS) is 10.8. The minimum Gasteiger partial charge on any atom is -0.255 e. The van der Waals surface area contributed by atoms with E-state index < -0.39 is 0 Å². The smallest absolute Gasteiger partial charge is 0.242 e. The van der Waals surface area contributed by atoms with Crippen LogP contribution in [0.2, 0.25) is 0 Å². The third kappa shape index (κ3) is 3.29. The molecule has 4 rings (SSSR count). The van der Waals surface area contributed by atoms with Crippen LogP contribution in [0.1, 0.15) is 16.8 Å². The lowest BCUT2D eigenvalue weighted by Crippen LogP contribution is -2.36. The Morgan fingerprint density at radius 1 is 0.958 bits per heavy atom. The van der Waals surface area contributed by atoms with E-state index in [0.717, 1.165) is 18.7 Å². The number of pyridine rings is 1. The van der Waals surface area contributed by atoms with E-state index >= 15 is 0 Å². The molecule has 0 fully saturated rings. The molecule has 0 atom stereocenters. The van der Waals surface area contributed by atoms with Crippen molar-refractivity contribution >= 4 is 11.3 Å². The minimum atomic E-state index is 0.823. The van der Waals surface area contributed by atoms with Gasteiger partial charge in [0, 0.05) is 18.2 Å². The molecule has 0 saturated heterocycles. The van der Waals surface area contributed by atoms with Crippen molar-refractivity contribution in [1.29, 1.82) is 0 Å². The minimum absolute atomic E-state index is 0.823. The number of aromatic amines is 1. The number of hydrogen-bond donors (Lipinski definition) is 1. The summed E-state index contributed by atoms with van der Waals surface area (Å²) in [5, 5.41) is 2.08. The number of hydrogen-bond acceptors (Lipinski definition) is 2. The summed E-state index contributed by atoms with van der Waals surface area (Å²) in [6, 6.07) is 19.0. The Morgan fingerprint density at radius 2 is 1.88 bits per heavy atom. The fourth-order valence-corrected chi connectivity index (χ4v) is 3.48. The standard InChI is InChI=1S/C20H17N3S/c1-2-5-16(6-3-1)11-18-13-21-15-23(18)14-17-8-9-19(22-12-17)20-7-4-10-24-20/h1-10,12-13,15H,11,14H2/p+1. The quantitative estimate of drug-likeness (QED) is 0.549. The summed E-state index contributed by atoms with van der Waals surface area (Å²) < 4.78 is 2.24. The van der Waals surface area contributed by atoms with Crippen molar-refractivity contribution in [3.63, 3.8) is 0 Å². The highest BCUT2D eigenvalue weighted by atomic mass is 32.1. The average Bonchev–Trinajstić information content (AvgIpc) is 3.29. The molecule has 4 heteroatoms. The monoisotopic (exact) mass is 332 g/mol. The topological polar surface area (TPSA) is 32.6 Å². The van der Waals surface area contributed by atoms with Crippen molar-refractivity contribution < 1.29 is 4.57 Å². The average molecular weight is 332 g/mol. The van der Waals surface area contributed by atoms with E-state index in [-0.39, 0.29) is 0 Å². The number of rotatable bonds is 5. The highest BCUT2D eigenvalue weighted by molar-refractivity contribution is 7.13. The molecule has 3 nitrogen and oxygen atoms in total. The SMILES string of the molecule is c1ccc(Cc2c[nH]c[n+]2Cc2ccc(-c3cccs3)nc2)cc1. The zero-order chi connectivity index (χ0) is 16.2. The predicted octanol–water partition coefficient (Wildman–Crippen LogP) is 4.06. The van der Waals surface area contributed by atoms with Crippen molar-refractivity contribution in [2.24, 2.45) is 0 Å². The van der Waals surface area contributed by atoms with Crippen LogP contribution in [-0.4, -0.2) is 9.97 Å². The van der Waals surface area contributed by atoms with Crippen LogP contribution in [0.3, 0.4) is 0 Å². The molecule has 3 heterocycles. The fourth-order valence-electron chi connectivity index (χ4n) is 2.78. The number of nitrogens with one attached hydrogen (secondary N) is 1. The van der Waals surface area contributed by atoms with Crippen LogP contribution in [0.15, 0.2) is 78.7 Å². The van der Waals surface area contributed by atoms with E-state index in [9.17, 15) is 0 Å². The third-order valence-corrected chi connectivity index (χ3v) is 4.92. The Balaban J connectivity index is 1.51. The number of benzene rings is 1. The highest BCUT2D eigenvalue weighted by Gasteiger charge is 2.11. The van der Waals surface area contributed by atoms with Crippen LogP contribution in [0.25, 0.3) is 10.6 Å². The number of H-pyrrole nitrogens is 1. The van der Waals surface area contributed by atoms with Gasteiger partial charge in [-0.05, 0) is 23.1 Å². The first-order valence-corrected chi connectivity index (χ1v) is 8.84. The molecule has 0 amide bonds. The second-order valence-corrected chi connectivity index (χ2v) is 6.70. The molecule has 3 aromatic heterocycles. The van der Waals surface area contributed by atoms with Gasteiger partial charge in [0.1, 0.15) is 18.4 Å². The van der Waals surface area contributed by atoms with Crippen LogP contribution < -0.4 is 4.57 Å². The maximum atomic E-state index is 4.60. The molecule has 1 N–H and O–H groups in total. The lowest BCUT2D eigenvalue weighted by molar-refractivity contribution is -0.693. The maximum absolute atomic E-state index is 4.60. The van der Waals surface area contributed by atoms with Crippen LogP contribution in [0, 0.1) is 0 Å². The second-order valence-electron chi connectivity index (χ2n) is 5.75. The first kappa shape index (κ1) is 14.8. The molecule has 118 valence electrons. The van der Waals surface area contributed by atoms with Gasteiger partial charge >= 0.3 is 0 Å². The van der Waals surface area contributed by atoms with E-state index in [2.05, 4.69) is 80.7 Å². The summed E-state index contributed by atoms with van der Waals surface area (Å²) >= 11 is 1.72. The Kier molecular flexibility index (Phi) is 4.21. The molecule has 0 radical (unpaired) electrons. The van der Waals surface area contributed by atoms with Gasteiger partial charge < -0.3 is 0 Å². The van der Waals surface area contributed by atoms with Gasteiger partial charge in [-0.2, -0.15) is 0 Å². The summed E-state index contributed by atoms with van der Waals surface area (Å²) in [6.07, 6.45) is 6.98. The van der Waals surface area contributed by atoms with E-state index in [0.29, 0.717) is 0 Å². The lowest BCUT2D eigenvalue weighted by Gasteiger charge is -2.04. The molecule has 0 aliphatic carbocycles. The summed E-state index contributed by atoms with van der Waals surface area (Å²) in [6.45, 7) is 0.823. The van der Waals surface area contributed by atoms with Crippen molar-refractivity contribution in [3.8, 4) is 10.6 Å². The highest BCUT2D eigenvalue weighted by Crippen LogP contribution is 2.22. The van der Waals surface area contributed by atoms with Crippen molar-refractivity contribution in [1.82, 2.24) is 9.97 Å². The van der Waals surface area contributed by atoms with Crippen LogP contribution in [0.4, 0.5) is 0 Å². The molecule has 0 unspecified atom stereocenters. The van der Waals surface area contributed by atoms with Gasteiger partial charge in [0.05, 0.1) is 10.6 Å². The molecule has 1 aromatic carbocycles. The maximum Gasteiger partial charge on any atom is 0.242 e. The molecule has 0 spiro atoms. The van der Waals surface area contributed by atoms with E-state index in [1.807, 2.05) is 12.5 Å². The van der Waals surface area contributed by atoms with Crippen LogP contribution >= 0.6 is 11.3 Å². The Labute approximate surface area is 145 Å². The van der Waals surface area contributed by atoms with Gasteiger partial charge in [-0.1, -0.05) is 42.5 Å². The van der Waals surface area contributed by atoms with E-state index in [4.69, 9.17) is 0 Å². The fraction of sp³-hybridized carbons (Fsp3) is 0.100. The second kappa shape index (κ2) is 6.81. The van der Waals surface area contributed by atoms with Gasteiger partial charge in [-0.15, -0.1) is 11.3 Å². The number of nitrogens with zero attached hydrogens (tertiary/aromatic N) is 2. The largest absolute Gasteiger partial charge is 0.255 e. The molecule has 0 aliphatic heterocycles. The van der Waals surface area contributed by atoms with E-state index in [1.165, 1.54) is 21.7 Å². The Morgan fingerprint density at radius 3 is 2.62 bits per heavy atom. The number of aromatic nitrogens is 3. The first-order chi connectivity index (χ1) is 11.9. The van der Waals surface area contributed by atoms with Gasteiger partial charge in [0.2, 0.25) is 6.33 Å². The lowest BCUT2D eigenvalue weighted by atomic mass is 10.1. The zero-order valence-corrected chi connectivity index (χ0v) is 14.0. The zero-order valence-electron chi connectivity index (χ0n) is 13.2. The Hall–Kier alpha value is -2.72. The third-order valence-electron chi connectivity index (χ3n) is 4.03. The molecular formula is C20H18N3S+. The molecule has 4 aromatic rings. The number of thiophene rings is 1. The predicted molar refractivity (Wildman–Crippen MR) is 96.9 cm³/mol. The Bertz CT molecular complexity index is 894. The summed E-state index contributed by atoms with van der Waals surface area (Å²) in [4.78, 5) is 9.03. The summed E-state index contributed by atoms with van der Waals surface area (Å²) in [5.41, 5.74) is 4.83. The first-order valence-electron chi connectivity index (χ1n) is 7.96. The molecule has 0 saturated carbocycles. The summed E-state index contributed by atoms with van der Waals surface area (Å²) in [7, 11) is 0. The van der Waals surface area contributed by atoms with Crippen molar-refractivity contribution in [2.45, 2.75) is 13.0 Å². The van der Waals surface area contributed by atoms with Gasteiger partial charge in [0.15, 0.2) is 0 Å². The molecule has 0 aliphatic rings. The van der Waals surface area contributed by atoms with Gasteiger partial charge in [-0.3, -0.25) is 4.98 Å². The molecular weight excluding hydrogens is 314 g/mol. The van der Waals surface area contributed by atoms with Gasteiger partial charge in [-0.25, -0.2) is 9.55 Å². The van der Waals surface area contributed by atoms with E-state index in [1.54, 1.807) is 11.3 Å². The van der Waals surface area contributed by atoms with Crippen LogP contribution in [0.5, 0.6) is 0 Å². The van der Waals surface area contributed by atoms with Gasteiger partial charge in [0.25, 0.3) is 0 Å². The van der Waals surface area contributed by atoms with Crippen molar-refractivity contribution in [2.75, 3.05) is 0 Å². The molecule has 24 heavy (non-hydrogen) atoms.